The standard InChI is InChI=1S/C15H22N2O/c16-14-9-15(13-7-2-1-6-12(13)14)17-10-11-5-3-4-8-18-11/h1-2,6-7,11,14-15,17H,3-5,8-10,16H2. The third kappa shape index (κ3) is 2.44. The Bertz CT molecular complexity index is 401. The highest BCUT2D eigenvalue weighted by molar-refractivity contribution is 5.37. The van der Waals surface area contributed by atoms with Gasteiger partial charge in [-0.2, -0.15) is 0 Å². The molecule has 1 saturated heterocycles. The minimum Gasteiger partial charge on any atom is -0.377 e. The van der Waals surface area contributed by atoms with Gasteiger partial charge in [-0.25, -0.2) is 0 Å². The maximum absolute atomic E-state index is 6.17. The number of rotatable bonds is 3. The van der Waals surface area contributed by atoms with Gasteiger partial charge in [0, 0.05) is 25.2 Å². The zero-order valence-corrected chi connectivity index (χ0v) is 10.8. The molecule has 3 nitrogen and oxygen atoms in total. The summed E-state index contributed by atoms with van der Waals surface area (Å²) in [6, 6.07) is 9.11. The van der Waals surface area contributed by atoms with Crippen LogP contribution in [0.15, 0.2) is 24.3 Å². The van der Waals surface area contributed by atoms with Crippen LogP contribution in [-0.4, -0.2) is 19.3 Å². The second-order valence-electron chi connectivity index (χ2n) is 5.42. The maximum atomic E-state index is 6.17. The maximum Gasteiger partial charge on any atom is 0.0699 e. The summed E-state index contributed by atoms with van der Waals surface area (Å²) in [6.07, 6.45) is 5.10. The highest BCUT2D eigenvalue weighted by Crippen LogP contribution is 2.36. The van der Waals surface area contributed by atoms with E-state index in [0.717, 1.165) is 19.6 Å². The average Bonchev–Trinajstić information content (AvgIpc) is 2.75. The Labute approximate surface area is 109 Å². The number of nitrogens with two attached hydrogens (primary N) is 1. The number of hydrogen-bond donors (Lipinski definition) is 2. The molecule has 0 aromatic heterocycles. The molecule has 0 amide bonds. The molecule has 3 rings (SSSR count). The van der Waals surface area contributed by atoms with Gasteiger partial charge in [0.05, 0.1) is 6.10 Å². The molecular weight excluding hydrogens is 224 g/mol. The van der Waals surface area contributed by atoms with E-state index in [4.69, 9.17) is 10.5 Å². The minimum absolute atomic E-state index is 0.186. The van der Waals surface area contributed by atoms with Crippen LogP contribution in [0.3, 0.4) is 0 Å². The molecule has 98 valence electrons. The lowest BCUT2D eigenvalue weighted by Gasteiger charge is -2.25. The summed E-state index contributed by atoms with van der Waals surface area (Å²) in [7, 11) is 0. The molecule has 3 unspecified atom stereocenters. The highest BCUT2D eigenvalue weighted by Gasteiger charge is 2.28. The summed E-state index contributed by atoms with van der Waals surface area (Å²) in [5, 5.41) is 3.63. The third-order valence-electron chi connectivity index (χ3n) is 4.13. The molecule has 18 heavy (non-hydrogen) atoms. The Balaban J connectivity index is 1.61. The van der Waals surface area contributed by atoms with Crippen LogP contribution >= 0.6 is 0 Å². The molecule has 1 heterocycles. The van der Waals surface area contributed by atoms with Crippen molar-refractivity contribution in [3.63, 3.8) is 0 Å². The van der Waals surface area contributed by atoms with Gasteiger partial charge in [-0.05, 0) is 36.8 Å². The molecule has 1 fully saturated rings. The smallest absolute Gasteiger partial charge is 0.0699 e. The van der Waals surface area contributed by atoms with E-state index in [1.165, 1.54) is 30.4 Å². The number of fused-ring (bicyclic) bond motifs is 1. The zero-order chi connectivity index (χ0) is 12.4. The van der Waals surface area contributed by atoms with Crippen LogP contribution in [0.25, 0.3) is 0 Å². The third-order valence-corrected chi connectivity index (χ3v) is 4.13. The molecule has 1 aliphatic heterocycles. The SMILES string of the molecule is NC1CC(NCC2CCCCO2)c2ccccc21. The van der Waals surface area contributed by atoms with Crippen LogP contribution in [0, 0.1) is 0 Å². The van der Waals surface area contributed by atoms with Gasteiger partial charge in [0.2, 0.25) is 0 Å². The molecule has 0 bridgehead atoms. The van der Waals surface area contributed by atoms with Crippen molar-refractivity contribution in [3.05, 3.63) is 35.4 Å². The summed E-state index contributed by atoms with van der Waals surface area (Å²) in [4.78, 5) is 0. The van der Waals surface area contributed by atoms with Gasteiger partial charge in [0.25, 0.3) is 0 Å². The molecule has 2 aliphatic rings. The van der Waals surface area contributed by atoms with Crippen molar-refractivity contribution < 1.29 is 4.74 Å². The molecule has 0 spiro atoms. The van der Waals surface area contributed by atoms with Crippen molar-refractivity contribution in [1.82, 2.24) is 5.32 Å². The number of benzene rings is 1. The normalized spacial score (nSPS) is 31.3. The van der Waals surface area contributed by atoms with E-state index in [2.05, 4.69) is 29.6 Å². The van der Waals surface area contributed by atoms with E-state index in [9.17, 15) is 0 Å². The fourth-order valence-corrected chi connectivity index (χ4v) is 3.11. The molecule has 0 saturated carbocycles. The fourth-order valence-electron chi connectivity index (χ4n) is 3.11. The lowest BCUT2D eigenvalue weighted by molar-refractivity contribution is 0.0153. The van der Waals surface area contributed by atoms with Gasteiger partial charge >= 0.3 is 0 Å². The van der Waals surface area contributed by atoms with Gasteiger partial charge in [-0.1, -0.05) is 24.3 Å². The van der Waals surface area contributed by atoms with Crippen LogP contribution in [0.2, 0.25) is 0 Å². The number of hydrogen-bond acceptors (Lipinski definition) is 3. The summed E-state index contributed by atoms with van der Waals surface area (Å²) in [5.74, 6) is 0. The van der Waals surface area contributed by atoms with Crippen LogP contribution < -0.4 is 11.1 Å². The van der Waals surface area contributed by atoms with E-state index < -0.39 is 0 Å². The molecule has 3 heteroatoms. The van der Waals surface area contributed by atoms with Gasteiger partial charge in [-0.3, -0.25) is 0 Å². The Morgan fingerprint density at radius 3 is 2.83 bits per heavy atom. The van der Waals surface area contributed by atoms with Crippen LogP contribution in [0.1, 0.15) is 48.9 Å². The van der Waals surface area contributed by atoms with Gasteiger partial charge in [-0.15, -0.1) is 0 Å². The largest absolute Gasteiger partial charge is 0.377 e. The van der Waals surface area contributed by atoms with Crippen LogP contribution in [-0.2, 0) is 4.74 Å². The van der Waals surface area contributed by atoms with Gasteiger partial charge < -0.3 is 15.8 Å². The van der Waals surface area contributed by atoms with E-state index in [0.29, 0.717) is 12.1 Å². The second kappa shape index (κ2) is 5.39. The molecular formula is C15H22N2O. The molecule has 1 aromatic rings. The first-order chi connectivity index (χ1) is 8.84. The van der Waals surface area contributed by atoms with Crippen LogP contribution in [0.4, 0.5) is 0 Å². The van der Waals surface area contributed by atoms with Crippen molar-refractivity contribution in [2.75, 3.05) is 13.2 Å². The Morgan fingerprint density at radius 2 is 2.06 bits per heavy atom. The van der Waals surface area contributed by atoms with E-state index >= 15 is 0 Å². The number of nitrogens with one attached hydrogen (secondary N) is 1. The Kier molecular flexibility index (Phi) is 3.64. The first kappa shape index (κ1) is 12.2. The fraction of sp³-hybridized carbons (Fsp3) is 0.600. The summed E-state index contributed by atoms with van der Waals surface area (Å²) >= 11 is 0. The van der Waals surface area contributed by atoms with E-state index in [1.807, 2.05) is 0 Å². The average molecular weight is 246 g/mol. The quantitative estimate of drug-likeness (QED) is 0.860. The lowest BCUT2D eigenvalue weighted by Crippen LogP contribution is -2.33. The van der Waals surface area contributed by atoms with Crippen molar-refractivity contribution in [3.8, 4) is 0 Å². The van der Waals surface area contributed by atoms with E-state index in [-0.39, 0.29) is 6.04 Å². The molecule has 3 atom stereocenters. The first-order valence-electron chi connectivity index (χ1n) is 7.04. The molecule has 1 aliphatic carbocycles. The molecule has 1 aromatic carbocycles. The van der Waals surface area contributed by atoms with Crippen molar-refractivity contribution in [1.29, 1.82) is 0 Å². The zero-order valence-electron chi connectivity index (χ0n) is 10.8. The second-order valence-corrected chi connectivity index (χ2v) is 5.42. The van der Waals surface area contributed by atoms with Crippen LogP contribution in [0.5, 0.6) is 0 Å². The minimum atomic E-state index is 0.186. The van der Waals surface area contributed by atoms with Crippen molar-refractivity contribution >= 4 is 0 Å². The van der Waals surface area contributed by atoms with Crippen molar-refractivity contribution in [2.24, 2.45) is 5.73 Å². The summed E-state index contributed by atoms with van der Waals surface area (Å²) < 4.78 is 5.76. The van der Waals surface area contributed by atoms with Gasteiger partial charge in [0.15, 0.2) is 0 Å². The van der Waals surface area contributed by atoms with E-state index in [1.54, 1.807) is 0 Å². The summed E-state index contributed by atoms with van der Waals surface area (Å²) in [6.45, 7) is 1.87. The highest BCUT2D eigenvalue weighted by atomic mass is 16.5. The first-order valence-corrected chi connectivity index (χ1v) is 7.04. The Hall–Kier alpha value is -0.900. The monoisotopic (exact) mass is 246 g/mol. The van der Waals surface area contributed by atoms with Gasteiger partial charge in [0.1, 0.15) is 0 Å². The number of ether oxygens (including phenoxy) is 1. The molecule has 0 radical (unpaired) electrons. The molecule has 3 N–H and O–H groups in total. The van der Waals surface area contributed by atoms with Crippen molar-refractivity contribution in [2.45, 2.75) is 43.9 Å². The Morgan fingerprint density at radius 1 is 1.22 bits per heavy atom. The summed E-state index contributed by atoms with van der Waals surface area (Å²) in [5.41, 5.74) is 8.86. The topological polar surface area (TPSA) is 47.3 Å². The lowest BCUT2D eigenvalue weighted by atomic mass is 10.1. The predicted molar refractivity (Wildman–Crippen MR) is 72.3 cm³/mol. The predicted octanol–water partition coefficient (Wildman–Crippen LogP) is 2.29.